The van der Waals surface area contributed by atoms with E-state index in [0.717, 1.165) is 0 Å². The second-order valence-corrected chi connectivity index (χ2v) is 4.79. The zero-order chi connectivity index (χ0) is 15.3. The minimum atomic E-state index is -2.90. The van der Waals surface area contributed by atoms with Gasteiger partial charge in [0.1, 0.15) is 5.75 Å². The Morgan fingerprint density at radius 3 is 2.40 bits per heavy atom. The standard InChI is InChI=1S/C14H20F2N2O2/c1-8(9(2)17)13(19)18-10(3)11-6-4-5-7-12(11)20-14(15)16/h4-10,14H,17H2,1-3H3,(H,18,19). The van der Waals surface area contributed by atoms with E-state index in [4.69, 9.17) is 5.73 Å². The number of alkyl halides is 2. The van der Waals surface area contributed by atoms with Crippen molar-refractivity contribution in [3.05, 3.63) is 29.8 Å². The van der Waals surface area contributed by atoms with Gasteiger partial charge in [-0.1, -0.05) is 25.1 Å². The molecule has 0 aliphatic rings. The van der Waals surface area contributed by atoms with Gasteiger partial charge in [0.05, 0.1) is 6.04 Å². The summed E-state index contributed by atoms with van der Waals surface area (Å²) >= 11 is 0. The summed E-state index contributed by atoms with van der Waals surface area (Å²) in [6.45, 7) is 2.26. The summed E-state index contributed by atoms with van der Waals surface area (Å²) in [5.74, 6) is -0.524. The monoisotopic (exact) mass is 286 g/mol. The molecule has 0 spiro atoms. The van der Waals surface area contributed by atoms with Crippen molar-refractivity contribution in [3.63, 3.8) is 0 Å². The summed E-state index contributed by atoms with van der Waals surface area (Å²) in [5, 5.41) is 2.75. The number of hydrogen-bond acceptors (Lipinski definition) is 3. The van der Waals surface area contributed by atoms with Crippen LogP contribution in [-0.2, 0) is 4.79 Å². The van der Waals surface area contributed by atoms with Crippen molar-refractivity contribution in [2.45, 2.75) is 39.5 Å². The normalized spacial score (nSPS) is 15.6. The summed E-state index contributed by atoms with van der Waals surface area (Å²) in [7, 11) is 0. The van der Waals surface area contributed by atoms with Crippen LogP contribution in [0.4, 0.5) is 8.78 Å². The quantitative estimate of drug-likeness (QED) is 0.844. The summed E-state index contributed by atoms with van der Waals surface area (Å²) in [6.07, 6.45) is 0. The highest BCUT2D eigenvalue weighted by atomic mass is 19.3. The SMILES string of the molecule is CC(NC(=O)C(C)C(C)N)c1ccccc1OC(F)F. The molecule has 20 heavy (non-hydrogen) atoms. The van der Waals surface area contributed by atoms with Crippen LogP contribution in [0.15, 0.2) is 24.3 Å². The average Bonchev–Trinajstić information content (AvgIpc) is 2.37. The van der Waals surface area contributed by atoms with E-state index in [1.54, 1.807) is 39.0 Å². The molecule has 0 heterocycles. The number of hydrogen-bond donors (Lipinski definition) is 2. The Morgan fingerprint density at radius 2 is 1.85 bits per heavy atom. The van der Waals surface area contributed by atoms with Crippen LogP contribution in [0.25, 0.3) is 0 Å². The van der Waals surface area contributed by atoms with E-state index in [1.165, 1.54) is 6.07 Å². The second-order valence-electron chi connectivity index (χ2n) is 4.79. The fraction of sp³-hybridized carbons (Fsp3) is 0.500. The minimum absolute atomic E-state index is 0.0590. The first kappa shape index (κ1) is 16.4. The molecule has 1 amide bonds. The van der Waals surface area contributed by atoms with E-state index in [0.29, 0.717) is 5.56 Å². The first-order valence-electron chi connectivity index (χ1n) is 6.42. The van der Waals surface area contributed by atoms with E-state index in [1.807, 2.05) is 0 Å². The lowest BCUT2D eigenvalue weighted by Gasteiger charge is -2.21. The Balaban J connectivity index is 2.82. The van der Waals surface area contributed by atoms with Gasteiger partial charge in [-0.3, -0.25) is 4.79 Å². The lowest BCUT2D eigenvalue weighted by atomic mass is 10.0. The third-order valence-corrected chi connectivity index (χ3v) is 3.16. The molecule has 3 unspecified atom stereocenters. The van der Waals surface area contributed by atoms with Crippen molar-refractivity contribution in [1.29, 1.82) is 0 Å². The Labute approximate surface area is 117 Å². The molecule has 0 aliphatic carbocycles. The second kappa shape index (κ2) is 7.19. The third kappa shape index (κ3) is 4.45. The Morgan fingerprint density at radius 1 is 1.25 bits per heavy atom. The number of nitrogens with two attached hydrogens (primary N) is 1. The van der Waals surface area contributed by atoms with Gasteiger partial charge in [-0.25, -0.2) is 0 Å². The zero-order valence-electron chi connectivity index (χ0n) is 11.8. The van der Waals surface area contributed by atoms with E-state index in [-0.39, 0.29) is 23.6 Å². The highest BCUT2D eigenvalue weighted by Crippen LogP contribution is 2.26. The minimum Gasteiger partial charge on any atom is -0.434 e. The molecule has 1 rings (SSSR count). The number of carbonyl (C=O) groups is 1. The Bertz CT molecular complexity index is 453. The number of para-hydroxylation sites is 1. The number of carbonyl (C=O) groups excluding carboxylic acids is 1. The maximum Gasteiger partial charge on any atom is 0.387 e. The maximum atomic E-state index is 12.3. The predicted octanol–water partition coefficient (Wildman–Crippen LogP) is 2.45. The maximum absolute atomic E-state index is 12.3. The fourth-order valence-corrected chi connectivity index (χ4v) is 1.70. The molecule has 0 aliphatic heterocycles. The van der Waals surface area contributed by atoms with Crippen LogP contribution in [0.2, 0.25) is 0 Å². The zero-order valence-corrected chi connectivity index (χ0v) is 11.8. The van der Waals surface area contributed by atoms with Crippen molar-refractivity contribution in [1.82, 2.24) is 5.32 Å². The van der Waals surface area contributed by atoms with Gasteiger partial charge in [0.25, 0.3) is 0 Å². The van der Waals surface area contributed by atoms with Gasteiger partial charge in [-0.2, -0.15) is 8.78 Å². The van der Waals surface area contributed by atoms with Gasteiger partial charge >= 0.3 is 6.61 Å². The summed E-state index contributed by atoms with van der Waals surface area (Å²) < 4.78 is 29.1. The first-order valence-corrected chi connectivity index (χ1v) is 6.42. The van der Waals surface area contributed by atoms with Gasteiger partial charge in [-0.15, -0.1) is 0 Å². The topological polar surface area (TPSA) is 64.4 Å². The molecule has 4 nitrogen and oxygen atoms in total. The van der Waals surface area contributed by atoms with Gasteiger partial charge in [-0.05, 0) is 19.9 Å². The molecule has 6 heteroatoms. The van der Waals surface area contributed by atoms with Crippen LogP contribution >= 0.6 is 0 Å². The van der Waals surface area contributed by atoms with Crippen molar-refractivity contribution in [2.24, 2.45) is 11.7 Å². The van der Waals surface area contributed by atoms with Crippen LogP contribution in [0, 0.1) is 5.92 Å². The van der Waals surface area contributed by atoms with Crippen molar-refractivity contribution in [2.75, 3.05) is 0 Å². The number of ether oxygens (including phenoxy) is 1. The fourth-order valence-electron chi connectivity index (χ4n) is 1.70. The first-order chi connectivity index (χ1) is 9.32. The number of rotatable bonds is 6. The molecular weight excluding hydrogens is 266 g/mol. The molecular formula is C14H20F2N2O2. The van der Waals surface area contributed by atoms with Crippen LogP contribution in [0.5, 0.6) is 5.75 Å². The van der Waals surface area contributed by atoms with Crippen LogP contribution < -0.4 is 15.8 Å². The third-order valence-electron chi connectivity index (χ3n) is 3.16. The van der Waals surface area contributed by atoms with E-state index in [9.17, 15) is 13.6 Å². The number of nitrogens with one attached hydrogen (secondary N) is 1. The largest absolute Gasteiger partial charge is 0.434 e. The predicted molar refractivity (Wildman–Crippen MR) is 72.4 cm³/mol. The van der Waals surface area contributed by atoms with Crippen LogP contribution in [0.3, 0.4) is 0 Å². The number of halogens is 2. The molecule has 3 atom stereocenters. The smallest absolute Gasteiger partial charge is 0.387 e. The molecule has 1 aromatic carbocycles. The van der Waals surface area contributed by atoms with Crippen molar-refractivity contribution >= 4 is 5.91 Å². The number of benzene rings is 1. The van der Waals surface area contributed by atoms with Gasteiger partial charge < -0.3 is 15.8 Å². The van der Waals surface area contributed by atoms with E-state index in [2.05, 4.69) is 10.1 Å². The Hall–Kier alpha value is -1.69. The van der Waals surface area contributed by atoms with Gasteiger partial charge in [0, 0.05) is 17.5 Å². The van der Waals surface area contributed by atoms with Crippen LogP contribution in [0.1, 0.15) is 32.4 Å². The molecule has 0 saturated heterocycles. The summed E-state index contributed by atoms with van der Waals surface area (Å²) in [6, 6.07) is 5.65. The van der Waals surface area contributed by atoms with Gasteiger partial charge in [0.15, 0.2) is 0 Å². The van der Waals surface area contributed by atoms with Crippen molar-refractivity contribution < 1.29 is 18.3 Å². The highest BCUT2D eigenvalue weighted by Gasteiger charge is 2.21. The highest BCUT2D eigenvalue weighted by molar-refractivity contribution is 5.79. The summed E-state index contributed by atoms with van der Waals surface area (Å²) in [4.78, 5) is 11.9. The van der Waals surface area contributed by atoms with E-state index < -0.39 is 12.7 Å². The molecule has 3 N–H and O–H groups in total. The van der Waals surface area contributed by atoms with E-state index >= 15 is 0 Å². The molecule has 1 aromatic rings. The molecule has 0 saturated carbocycles. The number of amides is 1. The Kier molecular flexibility index (Phi) is 5.88. The summed E-state index contributed by atoms with van der Waals surface area (Å²) in [5.41, 5.74) is 6.16. The molecule has 0 fully saturated rings. The molecule has 0 bridgehead atoms. The molecule has 0 aromatic heterocycles. The van der Waals surface area contributed by atoms with Gasteiger partial charge in [0.2, 0.25) is 5.91 Å². The van der Waals surface area contributed by atoms with Crippen LogP contribution in [-0.4, -0.2) is 18.6 Å². The molecule has 112 valence electrons. The van der Waals surface area contributed by atoms with Crippen molar-refractivity contribution in [3.8, 4) is 5.75 Å². The molecule has 0 radical (unpaired) electrons. The average molecular weight is 286 g/mol. The lowest BCUT2D eigenvalue weighted by molar-refractivity contribution is -0.125. The lowest BCUT2D eigenvalue weighted by Crippen LogP contribution is -2.39.